The Bertz CT molecular complexity index is 1280. The number of thiophene rings is 1. The Labute approximate surface area is 200 Å². The van der Waals surface area contributed by atoms with Gasteiger partial charge in [0.05, 0.1) is 32.4 Å². The van der Waals surface area contributed by atoms with E-state index in [-0.39, 0.29) is 22.7 Å². The van der Waals surface area contributed by atoms with E-state index >= 15 is 0 Å². The van der Waals surface area contributed by atoms with Crippen LogP contribution in [0.4, 0.5) is 11.4 Å². The Kier molecular flexibility index (Phi) is 5.85. The predicted molar refractivity (Wildman–Crippen MR) is 131 cm³/mol. The van der Waals surface area contributed by atoms with Crippen molar-refractivity contribution in [3.8, 4) is 6.07 Å². The number of nitrogens with zero attached hydrogens (tertiary/aromatic N) is 3. The number of anilines is 1. The lowest BCUT2D eigenvalue weighted by Crippen LogP contribution is -2.42. The minimum atomic E-state index is -0.545. The number of Topliss-reactive ketones (excluding diaryl/α,β-unsaturated/α-hetero) is 1. The normalized spacial score (nSPS) is 20.0. The number of hydrogen-bond donors (Lipinski definition) is 1. The number of non-ortho nitro benzene ring substituents is 1. The average molecular weight is 481 g/mol. The summed E-state index contributed by atoms with van der Waals surface area (Å²) < 4.78 is 1.05. The topological polar surface area (TPSA) is 113 Å². The fourth-order valence-electron chi connectivity index (χ4n) is 4.73. The fourth-order valence-corrected chi connectivity index (χ4v) is 6.65. The summed E-state index contributed by atoms with van der Waals surface area (Å²) in [6, 6.07) is 10.4. The van der Waals surface area contributed by atoms with Crippen LogP contribution in [0.1, 0.15) is 43.0 Å². The van der Waals surface area contributed by atoms with E-state index in [1.807, 2.05) is 33.1 Å². The van der Waals surface area contributed by atoms with Gasteiger partial charge in [0.1, 0.15) is 5.82 Å². The number of carbonyl (C=O) groups excluding carboxylic acids is 1. The van der Waals surface area contributed by atoms with Gasteiger partial charge < -0.3 is 5.73 Å². The van der Waals surface area contributed by atoms with Crippen molar-refractivity contribution < 1.29 is 9.72 Å². The predicted octanol–water partition coefficient (Wildman–Crippen LogP) is 5.63. The van der Waals surface area contributed by atoms with Crippen LogP contribution in [0, 0.1) is 33.8 Å². The second kappa shape index (κ2) is 8.36. The van der Waals surface area contributed by atoms with Crippen LogP contribution in [0.2, 0.25) is 0 Å². The third-order valence-corrected chi connectivity index (χ3v) is 8.24. The molecule has 33 heavy (non-hydrogen) atoms. The van der Waals surface area contributed by atoms with E-state index < -0.39 is 10.8 Å². The Balaban J connectivity index is 2.02. The third kappa shape index (κ3) is 3.94. The molecule has 0 fully saturated rings. The Hall–Kier alpha value is -3.09. The first-order chi connectivity index (χ1) is 15.6. The van der Waals surface area contributed by atoms with Gasteiger partial charge in [-0.05, 0) is 42.7 Å². The lowest BCUT2D eigenvalue weighted by atomic mass is 9.69. The maximum Gasteiger partial charge on any atom is 0.271 e. The summed E-state index contributed by atoms with van der Waals surface area (Å²) in [5.41, 5.74) is 9.20. The van der Waals surface area contributed by atoms with Crippen molar-refractivity contribution in [2.24, 2.45) is 11.1 Å². The summed E-state index contributed by atoms with van der Waals surface area (Å²) in [7, 11) is 0. The van der Waals surface area contributed by atoms with E-state index in [1.165, 1.54) is 12.1 Å². The maximum absolute atomic E-state index is 13.6. The van der Waals surface area contributed by atoms with E-state index in [2.05, 4.69) is 6.07 Å². The van der Waals surface area contributed by atoms with Crippen LogP contribution in [0.15, 0.2) is 57.2 Å². The second-order valence-electron chi connectivity index (χ2n) is 9.06. The average Bonchev–Trinajstić information content (AvgIpc) is 3.12. The number of rotatable bonds is 4. The first-order valence-electron chi connectivity index (χ1n) is 10.4. The zero-order chi connectivity index (χ0) is 24.1. The van der Waals surface area contributed by atoms with Crippen molar-refractivity contribution in [1.82, 2.24) is 0 Å². The van der Waals surface area contributed by atoms with Gasteiger partial charge >= 0.3 is 0 Å². The molecule has 0 spiro atoms. The molecule has 1 aliphatic heterocycles. The number of aryl methyl sites for hydroxylation is 1. The number of nitro benzene ring substituents is 1. The molecule has 170 valence electrons. The van der Waals surface area contributed by atoms with E-state index in [0.29, 0.717) is 35.4 Å². The van der Waals surface area contributed by atoms with Gasteiger partial charge in [-0.1, -0.05) is 19.9 Å². The molecule has 2 aromatic rings. The number of benzene rings is 1. The molecule has 0 saturated heterocycles. The molecule has 2 N–H and O–H groups in total. The minimum Gasteiger partial charge on any atom is -0.384 e. The number of nitriles is 1. The monoisotopic (exact) mass is 480 g/mol. The quantitative estimate of drug-likeness (QED) is 0.343. The van der Waals surface area contributed by atoms with E-state index in [1.54, 1.807) is 40.1 Å². The Morgan fingerprint density at radius 1 is 1.33 bits per heavy atom. The fraction of sp³-hybridized carbons (Fsp3) is 0.333. The van der Waals surface area contributed by atoms with Crippen LogP contribution in [0.5, 0.6) is 0 Å². The molecular weight excluding hydrogens is 456 g/mol. The number of nitro groups is 1. The number of hydrogen-bond acceptors (Lipinski definition) is 8. The van der Waals surface area contributed by atoms with Crippen LogP contribution in [0.3, 0.4) is 0 Å². The third-order valence-electron chi connectivity index (χ3n) is 6.02. The maximum atomic E-state index is 13.6. The lowest BCUT2D eigenvalue weighted by Gasteiger charge is -2.43. The summed E-state index contributed by atoms with van der Waals surface area (Å²) >= 11 is 3.22. The van der Waals surface area contributed by atoms with Crippen LogP contribution >= 0.6 is 23.1 Å². The molecule has 1 atom stereocenters. The first-order valence-corrected chi connectivity index (χ1v) is 12.5. The molecule has 0 unspecified atom stereocenters. The largest absolute Gasteiger partial charge is 0.384 e. The number of carbonyl (C=O) groups is 1. The molecule has 9 heteroatoms. The number of nitrogens with two attached hydrogens (primary N) is 1. The highest BCUT2D eigenvalue weighted by Gasteiger charge is 2.45. The van der Waals surface area contributed by atoms with E-state index in [9.17, 15) is 20.2 Å². The van der Waals surface area contributed by atoms with Gasteiger partial charge in [0, 0.05) is 34.7 Å². The van der Waals surface area contributed by atoms with Crippen molar-refractivity contribution in [2.45, 2.75) is 43.7 Å². The molecule has 1 aromatic carbocycles. The standard InChI is InChI=1S/C24H24N4O3S2/c1-13-8-16(23(32-4)33-13)20-17(12-25)22(26)27(14-6-5-7-15(9-14)28(30)31)18-10-24(2,3)11-19(29)21(18)20/h5-9,20H,10-11,26H2,1-4H3/t20-/m0/s1. The molecule has 7 nitrogen and oxygen atoms in total. The molecule has 0 amide bonds. The smallest absolute Gasteiger partial charge is 0.271 e. The molecule has 4 rings (SSSR count). The molecule has 0 radical (unpaired) electrons. The highest BCUT2D eigenvalue weighted by Crippen LogP contribution is 2.52. The highest BCUT2D eigenvalue weighted by molar-refractivity contribution is 8.00. The highest BCUT2D eigenvalue weighted by atomic mass is 32.2. The summed E-state index contributed by atoms with van der Waals surface area (Å²) in [4.78, 5) is 27.3. The Morgan fingerprint density at radius 3 is 2.70 bits per heavy atom. The van der Waals surface area contributed by atoms with Crippen molar-refractivity contribution in [3.63, 3.8) is 0 Å². The van der Waals surface area contributed by atoms with Crippen molar-refractivity contribution >= 4 is 40.3 Å². The molecule has 0 bridgehead atoms. The van der Waals surface area contributed by atoms with Crippen LogP contribution < -0.4 is 10.6 Å². The summed E-state index contributed by atoms with van der Waals surface area (Å²) in [5.74, 6) is -0.350. The molecule has 1 aromatic heterocycles. The van der Waals surface area contributed by atoms with Gasteiger partial charge in [-0.3, -0.25) is 19.8 Å². The minimum absolute atomic E-state index is 0.0159. The van der Waals surface area contributed by atoms with Crippen molar-refractivity contribution in [3.05, 3.63) is 73.6 Å². The van der Waals surface area contributed by atoms with Crippen LogP contribution in [-0.4, -0.2) is 17.0 Å². The number of thioether (sulfide) groups is 1. The van der Waals surface area contributed by atoms with E-state index in [4.69, 9.17) is 5.73 Å². The van der Waals surface area contributed by atoms with Gasteiger partial charge in [0.25, 0.3) is 5.69 Å². The van der Waals surface area contributed by atoms with Gasteiger partial charge in [-0.2, -0.15) is 5.26 Å². The molecule has 2 aliphatic rings. The van der Waals surface area contributed by atoms with Gasteiger partial charge in [0.15, 0.2) is 5.78 Å². The van der Waals surface area contributed by atoms with E-state index in [0.717, 1.165) is 14.6 Å². The summed E-state index contributed by atoms with van der Waals surface area (Å²) in [5, 5.41) is 21.6. The zero-order valence-corrected chi connectivity index (χ0v) is 20.5. The van der Waals surface area contributed by atoms with Crippen molar-refractivity contribution in [2.75, 3.05) is 11.2 Å². The van der Waals surface area contributed by atoms with Gasteiger partial charge in [-0.25, -0.2) is 0 Å². The molecular formula is C24H24N4O3S2. The van der Waals surface area contributed by atoms with Gasteiger partial charge in [-0.15, -0.1) is 23.1 Å². The zero-order valence-electron chi connectivity index (χ0n) is 18.8. The van der Waals surface area contributed by atoms with Crippen LogP contribution in [-0.2, 0) is 4.79 Å². The summed E-state index contributed by atoms with van der Waals surface area (Å²) in [6.07, 6.45) is 2.90. The van der Waals surface area contributed by atoms with Crippen molar-refractivity contribution in [1.29, 1.82) is 5.26 Å². The first kappa shape index (κ1) is 23.1. The lowest BCUT2D eigenvalue weighted by molar-refractivity contribution is -0.384. The SMILES string of the molecule is CSc1sc(C)cc1[C@H]1C(C#N)=C(N)N(c2cccc([N+](=O)[O-])c2)C2=C1C(=O)CC(C)(C)C2. The molecule has 0 saturated carbocycles. The molecule has 1 aliphatic carbocycles. The Morgan fingerprint density at radius 2 is 2.06 bits per heavy atom. The van der Waals surface area contributed by atoms with Crippen LogP contribution in [0.25, 0.3) is 0 Å². The second-order valence-corrected chi connectivity index (χ2v) is 11.4. The number of allylic oxidation sites excluding steroid dienone is 3. The van der Waals surface area contributed by atoms with Gasteiger partial charge in [0.2, 0.25) is 0 Å². The molecule has 2 heterocycles. The summed E-state index contributed by atoms with van der Waals surface area (Å²) in [6.45, 7) is 6.06. The number of ketones is 1.